The fraction of sp³-hybridized carbons (Fsp3) is 0.385. The highest BCUT2D eigenvalue weighted by Gasteiger charge is 2.09. The molecule has 0 heterocycles. The van der Waals surface area contributed by atoms with E-state index < -0.39 is 0 Å². The van der Waals surface area contributed by atoms with E-state index in [2.05, 4.69) is 11.2 Å². The maximum Gasteiger partial charge on any atom is 0.165 e. The average Bonchev–Trinajstić information content (AvgIpc) is 2.31. The molecule has 16 heavy (non-hydrogen) atoms. The first kappa shape index (κ1) is 12.4. The monoisotopic (exact) mass is 219 g/mol. The SMILES string of the molecule is C#CCCOc1c(CNC)cccc1OC. The van der Waals surface area contributed by atoms with Crippen molar-refractivity contribution in [1.82, 2.24) is 5.32 Å². The van der Waals surface area contributed by atoms with Crippen LogP contribution in [0.25, 0.3) is 0 Å². The van der Waals surface area contributed by atoms with Gasteiger partial charge >= 0.3 is 0 Å². The molecule has 0 aromatic heterocycles. The molecule has 1 N–H and O–H groups in total. The van der Waals surface area contributed by atoms with Gasteiger partial charge in [0, 0.05) is 18.5 Å². The van der Waals surface area contributed by atoms with E-state index in [9.17, 15) is 0 Å². The molecule has 0 aliphatic carbocycles. The first-order valence-corrected chi connectivity index (χ1v) is 5.20. The predicted molar refractivity (Wildman–Crippen MR) is 64.7 cm³/mol. The zero-order valence-corrected chi connectivity index (χ0v) is 9.75. The van der Waals surface area contributed by atoms with Crippen molar-refractivity contribution in [2.24, 2.45) is 0 Å². The molecule has 0 atom stereocenters. The number of hydrogen-bond donors (Lipinski definition) is 1. The molecule has 3 nitrogen and oxygen atoms in total. The molecule has 1 aromatic carbocycles. The molecule has 86 valence electrons. The van der Waals surface area contributed by atoms with Crippen molar-refractivity contribution >= 4 is 0 Å². The fourth-order valence-electron chi connectivity index (χ4n) is 1.43. The van der Waals surface area contributed by atoms with Gasteiger partial charge in [-0.2, -0.15) is 0 Å². The fourth-order valence-corrected chi connectivity index (χ4v) is 1.43. The highest BCUT2D eigenvalue weighted by molar-refractivity contribution is 5.46. The standard InChI is InChI=1S/C13H17NO2/c1-4-5-9-16-13-11(10-14-2)7-6-8-12(13)15-3/h1,6-8,14H,5,9-10H2,2-3H3. The van der Waals surface area contributed by atoms with Gasteiger partial charge in [0.1, 0.15) is 0 Å². The first-order chi connectivity index (χ1) is 7.83. The van der Waals surface area contributed by atoms with Gasteiger partial charge < -0.3 is 14.8 Å². The van der Waals surface area contributed by atoms with Crippen LogP contribution in [0.4, 0.5) is 0 Å². The third-order valence-corrected chi connectivity index (χ3v) is 2.14. The van der Waals surface area contributed by atoms with Crippen LogP contribution in [0.2, 0.25) is 0 Å². The summed E-state index contributed by atoms with van der Waals surface area (Å²) in [6.07, 6.45) is 5.78. The molecule has 0 bridgehead atoms. The maximum absolute atomic E-state index is 5.64. The lowest BCUT2D eigenvalue weighted by atomic mass is 10.2. The van der Waals surface area contributed by atoms with Crippen molar-refractivity contribution in [3.8, 4) is 23.8 Å². The normalized spacial score (nSPS) is 9.56. The second-order valence-corrected chi connectivity index (χ2v) is 3.28. The van der Waals surface area contributed by atoms with Crippen LogP contribution in [0.3, 0.4) is 0 Å². The second-order valence-electron chi connectivity index (χ2n) is 3.28. The van der Waals surface area contributed by atoms with E-state index in [0.717, 1.165) is 23.6 Å². The van der Waals surface area contributed by atoms with Crippen molar-refractivity contribution in [1.29, 1.82) is 0 Å². The number of nitrogens with one attached hydrogen (secondary N) is 1. The molecule has 0 saturated carbocycles. The Bertz CT molecular complexity index is 369. The Kier molecular flexibility index (Phi) is 5.24. The number of para-hydroxylation sites is 1. The number of methoxy groups -OCH3 is 1. The van der Waals surface area contributed by atoms with Crippen molar-refractivity contribution < 1.29 is 9.47 Å². The van der Waals surface area contributed by atoms with Crippen molar-refractivity contribution in [3.05, 3.63) is 23.8 Å². The Morgan fingerprint density at radius 1 is 1.44 bits per heavy atom. The van der Waals surface area contributed by atoms with Gasteiger partial charge in [0.25, 0.3) is 0 Å². The van der Waals surface area contributed by atoms with Gasteiger partial charge in [-0.25, -0.2) is 0 Å². The summed E-state index contributed by atoms with van der Waals surface area (Å²) in [6.45, 7) is 1.25. The summed E-state index contributed by atoms with van der Waals surface area (Å²) in [5.74, 6) is 4.06. The average molecular weight is 219 g/mol. The van der Waals surface area contributed by atoms with E-state index in [1.807, 2.05) is 25.2 Å². The maximum atomic E-state index is 5.64. The van der Waals surface area contributed by atoms with Crippen LogP contribution in [0.5, 0.6) is 11.5 Å². The lowest BCUT2D eigenvalue weighted by Crippen LogP contribution is -2.08. The van der Waals surface area contributed by atoms with Crippen molar-refractivity contribution in [3.63, 3.8) is 0 Å². The Hall–Kier alpha value is -1.66. The second kappa shape index (κ2) is 6.76. The summed E-state index contributed by atoms with van der Waals surface area (Å²) < 4.78 is 10.9. The molecule has 0 fully saturated rings. The first-order valence-electron chi connectivity index (χ1n) is 5.20. The van der Waals surface area contributed by atoms with Gasteiger partial charge in [-0.3, -0.25) is 0 Å². The van der Waals surface area contributed by atoms with Crippen LogP contribution in [0.15, 0.2) is 18.2 Å². The molecule has 3 heteroatoms. The van der Waals surface area contributed by atoms with E-state index in [0.29, 0.717) is 13.0 Å². The van der Waals surface area contributed by atoms with Gasteiger partial charge in [-0.1, -0.05) is 12.1 Å². The van der Waals surface area contributed by atoms with Crippen LogP contribution in [0, 0.1) is 12.3 Å². The van der Waals surface area contributed by atoms with Gasteiger partial charge in [-0.05, 0) is 13.1 Å². The third-order valence-electron chi connectivity index (χ3n) is 2.14. The molecule has 1 aromatic rings. The molecule has 0 aliphatic heterocycles. The lowest BCUT2D eigenvalue weighted by Gasteiger charge is -2.14. The highest BCUT2D eigenvalue weighted by Crippen LogP contribution is 2.31. The molecular formula is C13H17NO2. The zero-order chi connectivity index (χ0) is 11.8. The van der Waals surface area contributed by atoms with E-state index in [1.165, 1.54) is 0 Å². The minimum Gasteiger partial charge on any atom is -0.493 e. The third kappa shape index (κ3) is 3.18. The van der Waals surface area contributed by atoms with Crippen LogP contribution >= 0.6 is 0 Å². The number of hydrogen-bond acceptors (Lipinski definition) is 3. The number of rotatable bonds is 6. The number of ether oxygens (including phenoxy) is 2. The molecule has 0 radical (unpaired) electrons. The van der Waals surface area contributed by atoms with Crippen LogP contribution in [0.1, 0.15) is 12.0 Å². The summed E-state index contributed by atoms with van der Waals surface area (Å²) in [5, 5.41) is 3.09. The van der Waals surface area contributed by atoms with E-state index in [4.69, 9.17) is 15.9 Å². The number of terminal acetylenes is 1. The van der Waals surface area contributed by atoms with Gasteiger partial charge in [0.05, 0.1) is 13.7 Å². The Morgan fingerprint density at radius 2 is 2.25 bits per heavy atom. The van der Waals surface area contributed by atoms with Crippen LogP contribution in [-0.2, 0) is 6.54 Å². The van der Waals surface area contributed by atoms with Crippen LogP contribution in [-0.4, -0.2) is 20.8 Å². The lowest BCUT2D eigenvalue weighted by molar-refractivity contribution is 0.298. The molecule has 0 amide bonds. The Balaban J connectivity index is 2.86. The predicted octanol–water partition coefficient (Wildman–Crippen LogP) is 1.82. The molecule has 0 unspecified atom stereocenters. The summed E-state index contributed by atoms with van der Waals surface area (Å²) in [4.78, 5) is 0. The van der Waals surface area contributed by atoms with E-state index >= 15 is 0 Å². The number of benzene rings is 1. The molecule has 1 rings (SSSR count). The highest BCUT2D eigenvalue weighted by atomic mass is 16.5. The topological polar surface area (TPSA) is 30.5 Å². The Morgan fingerprint density at radius 3 is 2.88 bits per heavy atom. The van der Waals surface area contributed by atoms with Crippen LogP contribution < -0.4 is 14.8 Å². The van der Waals surface area contributed by atoms with Crippen molar-refractivity contribution in [2.45, 2.75) is 13.0 Å². The smallest absolute Gasteiger partial charge is 0.165 e. The summed E-state index contributed by atoms with van der Waals surface area (Å²) in [5.41, 5.74) is 1.07. The van der Waals surface area contributed by atoms with Crippen molar-refractivity contribution in [2.75, 3.05) is 20.8 Å². The quantitative estimate of drug-likeness (QED) is 0.584. The largest absolute Gasteiger partial charge is 0.493 e. The van der Waals surface area contributed by atoms with E-state index in [1.54, 1.807) is 7.11 Å². The summed E-state index contributed by atoms with van der Waals surface area (Å²) in [7, 11) is 3.53. The molecule has 0 aliphatic rings. The van der Waals surface area contributed by atoms with Gasteiger partial charge in [0.15, 0.2) is 11.5 Å². The van der Waals surface area contributed by atoms with Gasteiger partial charge in [0.2, 0.25) is 0 Å². The minimum atomic E-state index is 0.508. The minimum absolute atomic E-state index is 0.508. The zero-order valence-electron chi connectivity index (χ0n) is 9.75. The van der Waals surface area contributed by atoms with E-state index in [-0.39, 0.29) is 0 Å². The summed E-state index contributed by atoms with van der Waals surface area (Å²) in [6, 6.07) is 5.83. The van der Waals surface area contributed by atoms with Gasteiger partial charge in [-0.15, -0.1) is 12.3 Å². The molecule has 0 spiro atoms. The Labute approximate surface area is 96.8 Å². The molecule has 0 saturated heterocycles. The summed E-state index contributed by atoms with van der Waals surface area (Å²) >= 11 is 0. The molecular weight excluding hydrogens is 202 g/mol.